The van der Waals surface area contributed by atoms with Crippen LogP contribution in [0.5, 0.6) is 0 Å². The van der Waals surface area contributed by atoms with Gasteiger partial charge in [0.25, 0.3) is 0 Å². The van der Waals surface area contributed by atoms with Gasteiger partial charge < -0.3 is 9.05 Å². The SMILES string of the molecule is [2H]Bc1cc(C(=O)OC)nn1BF. The molecule has 62 valence electrons. The molecule has 1 rings (SSSR count). The second kappa shape index (κ2) is 3.42. The van der Waals surface area contributed by atoms with Crippen molar-refractivity contribution in [3.63, 3.8) is 0 Å². The Labute approximate surface area is 71.8 Å². The first kappa shape index (κ1) is 7.39. The first-order valence-electron chi connectivity index (χ1n) is 3.94. The summed E-state index contributed by atoms with van der Waals surface area (Å²) in [6.45, 7) is 0. The molecule has 4 nitrogen and oxygen atoms in total. The van der Waals surface area contributed by atoms with Gasteiger partial charge >= 0.3 is 13.7 Å². The smallest absolute Gasteiger partial charge is 0.464 e. The third kappa shape index (κ3) is 1.49. The van der Waals surface area contributed by atoms with Gasteiger partial charge in [0.05, 0.1) is 7.11 Å². The molecule has 0 radical (unpaired) electrons. The van der Waals surface area contributed by atoms with E-state index in [-0.39, 0.29) is 13.5 Å². The molecule has 0 aromatic carbocycles. The van der Waals surface area contributed by atoms with Gasteiger partial charge in [0.15, 0.2) is 13.5 Å². The molecule has 0 aliphatic carbocycles. The van der Waals surface area contributed by atoms with Crippen molar-refractivity contribution in [3.8, 4) is 0 Å². The summed E-state index contributed by atoms with van der Waals surface area (Å²) in [5.74, 6) is -0.623. The van der Waals surface area contributed by atoms with Crippen LogP contribution in [0.1, 0.15) is 10.5 Å². The predicted octanol–water partition coefficient (Wildman–Crippen LogP) is -1.99. The maximum atomic E-state index is 12.2. The number of hydrogen-bond acceptors (Lipinski definition) is 3. The highest BCUT2D eigenvalue weighted by Gasteiger charge is 2.11. The molecular formula is C5H7B2FN2O2. The molecule has 0 saturated carbocycles. The van der Waals surface area contributed by atoms with Crippen molar-refractivity contribution in [2.24, 2.45) is 0 Å². The summed E-state index contributed by atoms with van der Waals surface area (Å²) in [5, 5.41) is 3.62. The molecule has 0 aliphatic heterocycles. The largest absolute Gasteiger partial charge is 0.464 e. The summed E-state index contributed by atoms with van der Waals surface area (Å²) in [7, 11) is 0.260. The number of aromatic nitrogens is 2. The van der Waals surface area contributed by atoms with E-state index in [0.717, 1.165) is 4.59 Å². The Hall–Kier alpha value is -1.26. The maximum absolute atomic E-state index is 12.2. The van der Waals surface area contributed by atoms with Crippen LogP contribution in [0, 0.1) is 0 Å². The monoisotopic (exact) mass is 169 g/mol. The van der Waals surface area contributed by atoms with E-state index in [1.54, 1.807) is 0 Å². The van der Waals surface area contributed by atoms with Crippen LogP contribution >= 0.6 is 0 Å². The molecule has 0 atom stereocenters. The number of nitrogens with zero attached hydrogens (tertiary/aromatic N) is 2. The minimum atomic E-state index is -0.842. The number of carbonyl (C=O) groups excluding carboxylic acids is 1. The standard InChI is InChI=1S/C5H7B2FN2O2/c1-12-5(11)3-2-4(6)10(7-8)9-3/h2,7H,6H2,1H3/i6D. The minimum Gasteiger partial charge on any atom is -0.464 e. The predicted molar refractivity (Wildman–Crippen MR) is 45.4 cm³/mol. The van der Waals surface area contributed by atoms with Crippen LogP contribution in [0.4, 0.5) is 4.32 Å². The third-order valence-electron chi connectivity index (χ3n) is 1.37. The van der Waals surface area contributed by atoms with Crippen LogP contribution < -0.4 is 5.59 Å². The van der Waals surface area contributed by atoms with Crippen LogP contribution in [0.25, 0.3) is 0 Å². The molecule has 0 bridgehead atoms. The van der Waals surface area contributed by atoms with Gasteiger partial charge in [0, 0.05) is 0 Å². The fourth-order valence-electron chi connectivity index (χ4n) is 0.763. The normalized spacial score (nSPS) is 10.3. The number of carbonyl (C=O) groups is 1. The Morgan fingerprint density at radius 3 is 3.25 bits per heavy atom. The second-order valence-corrected chi connectivity index (χ2v) is 2.13. The Kier molecular flexibility index (Phi) is 2.11. The van der Waals surface area contributed by atoms with Gasteiger partial charge in [-0.15, -0.1) is 0 Å². The van der Waals surface area contributed by atoms with Crippen LogP contribution in [0.2, 0.25) is 0 Å². The highest BCUT2D eigenvalue weighted by Crippen LogP contribution is 1.93. The van der Waals surface area contributed by atoms with Crippen molar-refractivity contribution in [2.45, 2.75) is 0 Å². The van der Waals surface area contributed by atoms with Gasteiger partial charge in [-0.2, -0.15) is 5.10 Å². The molecule has 7 heteroatoms. The molecular weight excluding hydrogens is 161 g/mol. The Balaban J connectivity index is 2.99. The second-order valence-electron chi connectivity index (χ2n) is 2.13. The summed E-state index contributed by atoms with van der Waals surface area (Å²) in [4.78, 5) is 10.9. The number of halogens is 1. The van der Waals surface area contributed by atoms with E-state index in [0.29, 0.717) is 5.59 Å². The maximum Gasteiger partial charge on any atom is 0.464 e. The first-order valence-corrected chi connectivity index (χ1v) is 3.23. The van der Waals surface area contributed by atoms with Gasteiger partial charge in [-0.3, -0.25) is 4.59 Å². The Bertz CT molecular complexity index is 298. The zero-order valence-electron chi connectivity index (χ0n) is 7.58. The number of methoxy groups -OCH3 is 1. The van der Waals surface area contributed by atoms with Crippen molar-refractivity contribution in [3.05, 3.63) is 11.8 Å². The van der Waals surface area contributed by atoms with E-state index in [1.807, 2.05) is 0 Å². The molecule has 1 heterocycles. The zero-order valence-corrected chi connectivity index (χ0v) is 6.58. The lowest BCUT2D eigenvalue weighted by Gasteiger charge is -1.92. The summed E-state index contributed by atoms with van der Waals surface area (Å²) in [5.41, 5.74) is 0.380. The van der Waals surface area contributed by atoms with E-state index in [4.69, 9.17) is 1.34 Å². The van der Waals surface area contributed by atoms with E-state index >= 15 is 0 Å². The quantitative estimate of drug-likeness (QED) is 0.388. The molecule has 0 amide bonds. The van der Waals surface area contributed by atoms with Crippen LogP contribution in [-0.2, 0) is 4.74 Å². The van der Waals surface area contributed by atoms with Crippen molar-refractivity contribution >= 4 is 27.1 Å². The topological polar surface area (TPSA) is 44.1 Å². The van der Waals surface area contributed by atoms with Crippen LogP contribution in [0.15, 0.2) is 6.07 Å². The lowest BCUT2D eigenvalue weighted by atomic mass is 10.0. The summed E-state index contributed by atoms with van der Waals surface area (Å²) >= 11 is 0. The van der Waals surface area contributed by atoms with Crippen LogP contribution in [0.3, 0.4) is 0 Å². The summed E-state index contributed by atoms with van der Waals surface area (Å²) in [6.07, 6.45) is 0. The molecule has 0 aliphatic rings. The first-order chi connectivity index (χ1) is 6.22. The number of hydrogen-bond donors (Lipinski definition) is 0. The highest BCUT2D eigenvalue weighted by molar-refractivity contribution is 6.37. The summed E-state index contributed by atoms with van der Waals surface area (Å²) in [6, 6.07) is 1.35. The molecule has 0 saturated heterocycles. The Morgan fingerprint density at radius 1 is 2.08 bits per heavy atom. The van der Waals surface area contributed by atoms with Gasteiger partial charge in [-0.25, -0.2) is 4.79 Å². The summed E-state index contributed by atoms with van der Waals surface area (Å²) < 4.78 is 24.6. The van der Waals surface area contributed by atoms with E-state index in [1.165, 1.54) is 13.2 Å². The van der Waals surface area contributed by atoms with E-state index < -0.39 is 13.7 Å². The highest BCUT2D eigenvalue weighted by atomic mass is 19.1. The van der Waals surface area contributed by atoms with Crippen LogP contribution in [-0.4, -0.2) is 39.6 Å². The van der Waals surface area contributed by atoms with Crippen molar-refractivity contribution in [1.29, 1.82) is 1.34 Å². The molecule has 1 aromatic heterocycles. The van der Waals surface area contributed by atoms with E-state index in [9.17, 15) is 9.11 Å². The third-order valence-corrected chi connectivity index (χ3v) is 1.37. The molecule has 1 aromatic rings. The fraction of sp³-hybridized carbons (Fsp3) is 0.200. The van der Waals surface area contributed by atoms with Gasteiger partial charge in [0.2, 0.25) is 0 Å². The van der Waals surface area contributed by atoms with Crippen molar-refractivity contribution < 1.29 is 13.8 Å². The fourth-order valence-corrected chi connectivity index (χ4v) is 0.763. The number of ether oxygens (including phenoxy) is 1. The molecule has 0 spiro atoms. The Morgan fingerprint density at radius 2 is 2.83 bits per heavy atom. The lowest BCUT2D eigenvalue weighted by molar-refractivity contribution is 0.0593. The lowest BCUT2D eigenvalue weighted by Crippen LogP contribution is -2.20. The molecule has 0 unspecified atom stereocenters. The zero-order chi connectivity index (χ0) is 9.84. The van der Waals surface area contributed by atoms with Crippen molar-refractivity contribution in [2.75, 3.05) is 7.11 Å². The number of esters is 1. The minimum absolute atomic E-state index is 0.0300. The number of rotatable bonds is 3. The molecule has 0 N–H and O–H groups in total. The molecule has 12 heavy (non-hydrogen) atoms. The van der Waals surface area contributed by atoms with E-state index in [2.05, 4.69) is 9.84 Å². The average Bonchev–Trinajstić information content (AvgIpc) is 2.59. The van der Waals surface area contributed by atoms with Gasteiger partial charge in [0.1, 0.15) is 0 Å². The molecule has 0 fully saturated rings. The van der Waals surface area contributed by atoms with Crippen molar-refractivity contribution in [1.82, 2.24) is 9.69 Å². The van der Waals surface area contributed by atoms with Gasteiger partial charge in [-0.1, -0.05) is 0 Å². The van der Waals surface area contributed by atoms with Gasteiger partial charge in [-0.05, 0) is 13.0 Å². The average molecular weight is 169 g/mol.